The zero-order chi connectivity index (χ0) is 15.4. The molecule has 0 spiro atoms. The highest BCUT2D eigenvalue weighted by Crippen LogP contribution is 2.10. The molecule has 0 fully saturated rings. The molecule has 21 heavy (non-hydrogen) atoms. The number of nitrogens with one attached hydrogen (secondary N) is 2. The van der Waals surface area contributed by atoms with Crippen LogP contribution in [0.3, 0.4) is 0 Å². The summed E-state index contributed by atoms with van der Waals surface area (Å²) in [4.78, 5) is 11.3. The Kier molecular flexibility index (Phi) is 4.28. The second-order valence-electron chi connectivity index (χ2n) is 4.80. The Balaban J connectivity index is 2.36. The van der Waals surface area contributed by atoms with Gasteiger partial charge in [0.1, 0.15) is 5.84 Å². The van der Waals surface area contributed by atoms with Gasteiger partial charge >= 0.3 is 0 Å². The number of carbonyl (C=O) groups excluding carboxylic acids is 1. The summed E-state index contributed by atoms with van der Waals surface area (Å²) in [5.74, 6) is 0.179. The molecule has 1 aromatic heterocycles. The van der Waals surface area contributed by atoms with Gasteiger partial charge in [-0.2, -0.15) is 0 Å². The monoisotopic (exact) mass is 279 g/mol. The lowest BCUT2D eigenvalue weighted by Crippen LogP contribution is -2.14. The maximum Gasteiger partial charge on any atom is 0.152 e. The number of hydrogen-bond donors (Lipinski definition) is 2. The highest BCUT2D eigenvalue weighted by atomic mass is 16.1. The van der Waals surface area contributed by atoms with Crippen LogP contribution in [0.4, 0.5) is 0 Å². The average molecular weight is 279 g/mol. The zero-order valence-corrected chi connectivity index (χ0v) is 12.1. The molecule has 2 N–H and O–H groups in total. The minimum absolute atomic E-state index is 0.123. The average Bonchev–Trinajstić information content (AvgIpc) is 2.84. The molecule has 0 bridgehead atoms. The van der Waals surface area contributed by atoms with Gasteiger partial charge in [0.15, 0.2) is 6.29 Å². The lowest BCUT2D eigenvalue weighted by molar-refractivity contribution is -0.104. The maximum atomic E-state index is 11.3. The van der Waals surface area contributed by atoms with Crippen molar-refractivity contribution >= 4 is 17.8 Å². The first-order chi connectivity index (χ1) is 10.0. The van der Waals surface area contributed by atoms with Crippen molar-refractivity contribution < 1.29 is 4.79 Å². The molecule has 4 nitrogen and oxygen atoms in total. The smallest absolute Gasteiger partial charge is 0.152 e. The van der Waals surface area contributed by atoms with Crippen LogP contribution in [0.5, 0.6) is 0 Å². The van der Waals surface area contributed by atoms with Crippen LogP contribution >= 0.6 is 0 Å². The summed E-state index contributed by atoms with van der Waals surface area (Å²) in [5.41, 5.74) is 2.82. The quantitative estimate of drug-likeness (QED) is 0.384. The predicted molar refractivity (Wildman–Crippen MR) is 84.4 cm³/mol. The van der Waals surface area contributed by atoms with E-state index in [1.54, 1.807) is 16.7 Å². The Morgan fingerprint density at radius 1 is 1.00 bits per heavy atom. The van der Waals surface area contributed by atoms with Crippen LogP contribution in [0.1, 0.15) is 17.0 Å². The van der Waals surface area contributed by atoms with Crippen molar-refractivity contribution in [1.29, 1.82) is 10.8 Å². The lowest BCUT2D eigenvalue weighted by Gasteiger charge is -2.09. The maximum absolute atomic E-state index is 11.3. The molecule has 0 amide bonds. The van der Waals surface area contributed by atoms with Gasteiger partial charge in [-0.15, -0.1) is 0 Å². The van der Waals surface area contributed by atoms with E-state index in [1.807, 2.05) is 44.2 Å². The molecule has 0 saturated carbocycles. The molecule has 0 atom stereocenters. The van der Waals surface area contributed by atoms with Crippen LogP contribution < -0.4 is 0 Å². The van der Waals surface area contributed by atoms with Gasteiger partial charge < -0.3 is 4.57 Å². The van der Waals surface area contributed by atoms with E-state index in [1.165, 1.54) is 6.08 Å². The molecule has 0 aliphatic heterocycles. The van der Waals surface area contributed by atoms with Crippen LogP contribution in [-0.2, 0) is 4.79 Å². The number of carbonyl (C=O) groups is 1. The van der Waals surface area contributed by atoms with Crippen LogP contribution in [0.2, 0.25) is 0 Å². The normalized spacial score (nSPS) is 11.2. The largest absolute Gasteiger partial charge is 0.304 e. The first-order valence-corrected chi connectivity index (χ1v) is 6.59. The topological polar surface area (TPSA) is 69.7 Å². The third kappa shape index (κ3) is 3.05. The highest BCUT2D eigenvalue weighted by Gasteiger charge is 2.10. The number of aromatic nitrogens is 1. The Hall–Kier alpha value is -2.75. The molecule has 2 aromatic rings. The standard InChI is InChI=1S/C17H17N3O/c1-12-8-9-13(2)20(12)16(18)10-15(11-21)17(19)14-6-4-3-5-7-14/h3-11,18-19H,1-2H3/b15-10-,18-16?,19-17?. The van der Waals surface area contributed by atoms with Gasteiger partial charge in [-0.3, -0.25) is 15.6 Å². The molecule has 4 heteroatoms. The van der Waals surface area contributed by atoms with Crippen molar-refractivity contribution in [3.63, 3.8) is 0 Å². The van der Waals surface area contributed by atoms with E-state index in [0.29, 0.717) is 11.8 Å². The van der Waals surface area contributed by atoms with Crippen LogP contribution in [0.15, 0.2) is 54.1 Å². The van der Waals surface area contributed by atoms with E-state index >= 15 is 0 Å². The van der Waals surface area contributed by atoms with Crippen molar-refractivity contribution in [2.75, 3.05) is 0 Å². The SMILES string of the molecule is Cc1ccc(C)n1C(=N)/C=C(/C=O)C(=N)c1ccccc1. The second-order valence-corrected chi connectivity index (χ2v) is 4.80. The van der Waals surface area contributed by atoms with E-state index in [2.05, 4.69) is 0 Å². The molecule has 106 valence electrons. The summed E-state index contributed by atoms with van der Waals surface area (Å²) >= 11 is 0. The van der Waals surface area contributed by atoms with Gasteiger partial charge in [0.2, 0.25) is 0 Å². The molecule has 0 saturated heterocycles. The van der Waals surface area contributed by atoms with E-state index in [-0.39, 0.29) is 17.1 Å². The Labute approximate surface area is 123 Å². The first-order valence-electron chi connectivity index (χ1n) is 6.59. The molecule has 1 aromatic carbocycles. The van der Waals surface area contributed by atoms with E-state index in [0.717, 1.165) is 11.4 Å². The van der Waals surface area contributed by atoms with Crippen molar-refractivity contribution in [3.8, 4) is 0 Å². The molecule has 0 aliphatic rings. The van der Waals surface area contributed by atoms with Crippen LogP contribution in [-0.4, -0.2) is 22.4 Å². The van der Waals surface area contributed by atoms with Gasteiger partial charge in [0.25, 0.3) is 0 Å². The fourth-order valence-corrected chi connectivity index (χ4v) is 2.20. The molecule has 0 unspecified atom stereocenters. The number of hydrogen-bond acceptors (Lipinski definition) is 3. The third-order valence-electron chi connectivity index (χ3n) is 3.28. The fourth-order valence-electron chi connectivity index (χ4n) is 2.20. The molecular formula is C17H17N3O. The molecule has 1 heterocycles. The Morgan fingerprint density at radius 3 is 2.10 bits per heavy atom. The number of aldehydes is 1. The first kappa shape index (κ1) is 14.7. The summed E-state index contributed by atoms with van der Waals surface area (Å²) < 4.78 is 1.74. The van der Waals surface area contributed by atoms with E-state index < -0.39 is 0 Å². The van der Waals surface area contributed by atoms with Gasteiger partial charge in [-0.25, -0.2) is 0 Å². The summed E-state index contributed by atoms with van der Waals surface area (Å²) in [6, 6.07) is 12.9. The van der Waals surface area contributed by atoms with Gasteiger partial charge in [-0.05, 0) is 32.1 Å². The van der Waals surface area contributed by atoms with E-state index in [4.69, 9.17) is 10.8 Å². The number of nitrogens with zero attached hydrogens (tertiary/aromatic N) is 1. The molecular weight excluding hydrogens is 262 g/mol. The van der Waals surface area contributed by atoms with Gasteiger partial charge in [0.05, 0.1) is 5.71 Å². The third-order valence-corrected chi connectivity index (χ3v) is 3.28. The number of rotatable bonds is 4. The van der Waals surface area contributed by atoms with Crippen molar-refractivity contribution in [1.82, 2.24) is 4.57 Å². The second kappa shape index (κ2) is 6.13. The molecule has 0 radical (unpaired) electrons. The summed E-state index contributed by atoms with van der Waals surface area (Å²) in [6.07, 6.45) is 2.06. The number of aryl methyl sites for hydroxylation is 2. The fraction of sp³-hybridized carbons (Fsp3) is 0.118. The summed E-state index contributed by atoms with van der Waals surface area (Å²) in [6.45, 7) is 3.80. The van der Waals surface area contributed by atoms with Crippen molar-refractivity contribution in [2.45, 2.75) is 13.8 Å². The number of allylic oxidation sites excluding steroid dienone is 2. The summed E-state index contributed by atoms with van der Waals surface area (Å²) in [5, 5.41) is 16.3. The predicted octanol–water partition coefficient (Wildman–Crippen LogP) is 3.12. The van der Waals surface area contributed by atoms with Crippen molar-refractivity contribution in [2.24, 2.45) is 0 Å². The number of benzene rings is 1. The van der Waals surface area contributed by atoms with Crippen LogP contribution in [0.25, 0.3) is 0 Å². The minimum atomic E-state index is 0.123. The van der Waals surface area contributed by atoms with Gasteiger partial charge in [-0.1, -0.05) is 30.3 Å². The van der Waals surface area contributed by atoms with E-state index in [9.17, 15) is 4.79 Å². The lowest BCUT2D eigenvalue weighted by atomic mass is 10.0. The highest BCUT2D eigenvalue weighted by molar-refractivity contribution is 6.24. The Bertz CT molecular complexity index is 704. The summed E-state index contributed by atoms with van der Waals surface area (Å²) in [7, 11) is 0. The van der Waals surface area contributed by atoms with Gasteiger partial charge in [0, 0.05) is 22.5 Å². The minimum Gasteiger partial charge on any atom is -0.304 e. The molecule has 2 rings (SSSR count). The zero-order valence-electron chi connectivity index (χ0n) is 12.1. The Morgan fingerprint density at radius 2 is 1.57 bits per heavy atom. The van der Waals surface area contributed by atoms with Crippen molar-refractivity contribution in [3.05, 3.63) is 71.1 Å². The van der Waals surface area contributed by atoms with Crippen LogP contribution in [0, 0.1) is 24.7 Å². The molecule has 0 aliphatic carbocycles.